The topological polar surface area (TPSA) is 33.3 Å². The largest absolute Gasteiger partial charge is 0.522 e. The molecule has 0 saturated heterocycles. The molecule has 0 saturated carbocycles. The van der Waals surface area contributed by atoms with Crippen LogP contribution in [0.2, 0.25) is 0 Å². The van der Waals surface area contributed by atoms with E-state index in [-0.39, 0.29) is 25.9 Å². The molecule has 0 bridgehead atoms. The Morgan fingerprint density at radius 3 is 2.17 bits per heavy atom. The van der Waals surface area contributed by atoms with E-state index in [0.29, 0.717) is 0 Å². The smallest absolute Gasteiger partial charge is 0.314 e. The van der Waals surface area contributed by atoms with Crippen LogP contribution in [0.3, 0.4) is 0 Å². The van der Waals surface area contributed by atoms with E-state index in [0.717, 1.165) is 0 Å². The second-order valence-electron chi connectivity index (χ2n) is 3.79. The normalized spacial score (nSPS) is 14.8. The lowest BCUT2D eigenvalue weighted by Gasteiger charge is -2.25. The molecule has 0 rings (SSSR count). The maximum atomic E-state index is 13.3. The SMILES string of the molecule is CCC(F)(F)C(CCNCCOC(F)(F)F)NC. The zero-order valence-electron chi connectivity index (χ0n) is 10.4. The van der Waals surface area contributed by atoms with Gasteiger partial charge in [0.25, 0.3) is 5.92 Å². The summed E-state index contributed by atoms with van der Waals surface area (Å²) < 4.78 is 64.9. The predicted octanol–water partition coefficient (Wildman–Crippen LogP) is 2.14. The molecule has 0 aliphatic carbocycles. The number of rotatable bonds is 9. The Labute approximate surface area is 103 Å². The fourth-order valence-corrected chi connectivity index (χ4v) is 1.42. The van der Waals surface area contributed by atoms with Crippen LogP contribution in [-0.4, -0.2) is 45.1 Å². The molecule has 0 heterocycles. The van der Waals surface area contributed by atoms with Crippen LogP contribution >= 0.6 is 0 Å². The van der Waals surface area contributed by atoms with Crippen LogP contribution < -0.4 is 10.6 Å². The summed E-state index contributed by atoms with van der Waals surface area (Å²) in [6.45, 7) is 1.02. The van der Waals surface area contributed by atoms with Crippen molar-refractivity contribution in [1.82, 2.24) is 10.6 Å². The highest BCUT2D eigenvalue weighted by molar-refractivity contribution is 4.81. The number of nitrogens with one attached hydrogen (secondary N) is 2. The predicted molar refractivity (Wildman–Crippen MR) is 57.6 cm³/mol. The van der Waals surface area contributed by atoms with Gasteiger partial charge in [0.15, 0.2) is 0 Å². The van der Waals surface area contributed by atoms with Gasteiger partial charge in [0.1, 0.15) is 0 Å². The van der Waals surface area contributed by atoms with Crippen LogP contribution in [0.25, 0.3) is 0 Å². The molecule has 0 aromatic carbocycles. The van der Waals surface area contributed by atoms with E-state index in [4.69, 9.17) is 0 Å². The molecule has 0 amide bonds. The summed E-state index contributed by atoms with van der Waals surface area (Å²) in [5, 5.41) is 5.13. The lowest BCUT2D eigenvalue weighted by atomic mass is 10.0. The minimum absolute atomic E-state index is 0.0341. The molecule has 3 nitrogen and oxygen atoms in total. The van der Waals surface area contributed by atoms with Crippen molar-refractivity contribution in [2.24, 2.45) is 0 Å². The molecule has 0 aliphatic heterocycles. The lowest BCUT2D eigenvalue weighted by Crippen LogP contribution is -2.44. The van der Waals surface area contributed by atoms with Gasteiger partial charge in [-0.25, -0.2) is 8.78 Å². The minimum Gasteiger partial charge on any atom is -0.314 e. The van der Waals surface area contributed by atoms with Gasteiger partial charge in [-0.2, -0.15) is 0 Å². The molecule has 18 heavy (non-hydrogen) atoms. The molecule has 0 radical (unpaired) electrons. The standard InChI is InChI=1S/C10H19F5N2O/c1-3-9(11,12)8(16-2)4-5-17-6-7-18-10(13,14)15/h8,16-17H,3-7H2,1-2H3. The van der Waals surface area contributed by atoms with Gasteiger partial charge in [-0.05, 0) is 20.0 Å². The van der Waals surface area contributed by atoms with Crippen LogP contribution in [-0.2, 0) is 4.74 Å². The Kier molecular flexibility index (Phi) is 7.65. The molecular weight excluding hydrogens is 259 g/mol. The monoisotopic (exact) mass is 278 g/mol. The molecule has 8 heteroatoms. The quantitative estimate of drug-likeness (QED) is 0.501. The van der Waals surface area contributed by atoms with Crippen molar-refractivity contribution in [1.29, 1.82) is 0 Å². The third-order valence-corrected chi connectivity index (χ3v) is 2.48. The van der Waals surface area contributed by atoms with Crippen LogP contribution in [0.5, 0.6) is 0 Å². The van der Waals surface area contributed by atoms with E-state index in [1.54, 1.807) is 0 Å². The van der Waals surface area contributed by atoms with Crippen molar-refractivity contribution in [2.75, 3.05) is 26.7 Å². The molecule has 0 aliphatic rings. The second kappa shape index (κ2) is 7.85. The Morgan fingerprint density at radius 1 is 1.11 bits per heavy atom. The molecule has 0 aromatic heterocycles. The fourth-order valence-electron chi connectivity index (χ4n) is 1.42. The van der Waals surface area contributed by atoms with Crippen LogP contribution in [0.15, 0.2) is 0 Å². The van der Waals surface area contributed by atoms with Crippen molar-refractivity contribution in [2.45, 2.75) is 38.1 Å². The van der Waals surface area contributed by atoms with E-state index in [1.807, 2.05) is 0 Å². The average Bonchev–Trinajstić information content (AvgIpc) is 2.26. The van der Waals surface area contributed by atoms with Crippen molar-refractivity contribution < 1.29 is 26.7 Å². The highest BCUT2D eigenvalue weighted by Gasteiger charge is 2.35. The zero-order valence-corrected chi connectivity index (χ0v) is 10.4. The summed E-state index contributed by atoms with van der Waals surface area (Å²) >= 11 is 0. The Morgan fingerprint density at radius 2 is 1.72 bits per heavy atom. The van der Waals surface area contributed by atoms with Crippen LogP contribution in [0.1, 0.15) is 19.8 Å². The summed E-state index contributed by atoms with van der Waals surface area (Å²) in [6, 6.07) is -0.987. The highest BCUT2D eigenvalue weighted by atomic mass is 19.4. The van der Waals surface area contributed by atoms with E-state index < -0.39 is 24.9 Å². The minimum atomic E-state index is -4.65. The van der Waals surface area contributed by atoms with E-state index >= 15 is 0 Å². The van der Waals surface area contributed by atoms with Gasteiger partial charge >= 0.3 is 6.36 Å². The third-order valence-electron chi connectivity index (χ3n) is 2.48. The summed E-state index contributed by atoms with van der Waals surface area (Å²) in [7, 11) is 1.43. The molecule has 110 valence electrons. The lowest BCUT2D eigenvalue weighted by molar-refractivity contribution is -0.323. The molecule has 0 fully saturated rings. The van der Waals surface area contributed by atoms with Crippen molar-refractivity contribution in [3.05, 3.63) is 0 Å². The van der Waals surface area contributed by atoms with Gasteiger partial charge < -0.3 is 10.6 Å². The van der Waals surface area contributed by atoms with Gasteiger partial charge in [-0.15, -0.1) is 13.2 Å². The first kappa shape index (κ1) is 17.5. The second-order valence-corrected chi connectivity index (χ2v) is 3.79. The molecule has 1 unspecified atom stereocenters. The maximum absolute atomic E-state index is 13.3. The number of halogens is 5. The van der Waals surface area contributed by atoms with Crippen molar-refractivity contribution in [3.8, 4) is 0 Å². The third kappa shape index (κ3) is 7.78. The Balaban J connectivity index is 3.70. The molecular formula is C10H19F5N2O. The van der Waals surface area contributed by atoms with Gasteiger partial charge in [-0.3, -0.25) is 4.74 Å². The summed E-state index contributed by atoms with van der Waals surface area (Å²) in [6.07, 6.45) is -4.80. The molecule has 1 atom stereocenters. The number of hydrogen-bond acceptors (Lipinski definition) is 3. The number of hydrogen-bond donors (Lipinski definition) is 2. The van der Waals surface area contributed by atoms with Gasteiger partial charge in [0.05, 0.1) is 12.6 Å². The fraction of sp³-hybridized carbons (Fsp3) is 1.00. The highest BCUT2D eigenvalue weighted by Crippen LogP contribution is 2.24. The van der Waals surface area contributed by atoms with Gasteiger partial charge in [0, 0.05) is 13.0 Å². The van der Waals surface area contributed by atoms with Crippen LogP contribution in [0, 0.1) is 0 Å². The average molecular weight is 278 g/mol. The van der Waals surface area contributed by atoms with Crippen LogP contribution in [0.4, 0.5) is 22.0 Å². The summed E-state index contributed by atoms with van der Waals surface area (Å²) in [4.78, 5) is 0. The summed E-state index contributed by atoms with van der Waals surface area (Å²) in [5.41, 5.74) is 0. The first-order valence-corrected chi connectivity index (χ1v) is 5.69. The summed E-state index contributed by atoms with van der Waals surface area (Å²) in [5.74, 6) is -2.82. The van der Waals surface area contributed by atoms with Gasteiger partial charge in [-0.1, -0.05) is 6.92 Å². The van der Waals surface area contributed by atoms with Crippen molar-refractivity contribution >= 4 is 0 Å². The van der Waals surface area contributed by atoms with Gasteiger partial charge in [0.2, 0.25) is 0 Å². The first-order chi connectivity index (χ1) is 8.23. The maximum Gasteiger partial charge on any atom is 0.522 e. The Hall–Kier alpha value is -0.470. The van der Waals surface area contributed by atoms with E-state index in [9.17, 15) is 22.0 Å². The van der Waals surface area contributed by atoms with E-state index in [1.165, 1.54) is 14.0 Å². The first-order valence-electron chi connectivity index (χ1n) is 5.69. The zero-order chi connectivity index (χ0) is 14.2. The van der Waals surface area contributed by atoms with Crippen molar-refractivity contribution in [3.63, 3.8) is 0 Å². The molecule has 0 spiro atoms. The van der Waals surface area contributed by atoms with E-state index in [2.05, 4.69) is 15.4 Å². The molecule has 0 aromatic rings. The number of alkyl halides is 5. The number of ether oxygens (including phenoxy) is 1. The Bertz CT molecular complexity index is 223. The molecule has 2 N–H and O–H groups in total.